The van der Waals surface area contributed by atoms with Gasteiger partial charge in [-0.25, -0.2) is 0 Å². The van der Waals surface area contributed by atoms with Crippen molar-refractivity contribution in [3.63, 3.8) is 0 Å². The number of Topliss-reactive ketones (excluding diaryl/α,β-unsaturated/α-hetero) is 1. The van der Waals surface area contributed by atoms with Crippen molar-refractivity contribution in [3.8, 4) is 5.82 Å². The molecule has 5 heteroatoms. The molecule has 2 rings (SSSR count). The van der Waals surface area contributed by atoms with Crippen molar-refractivity contribution in [2.24, 2.45) is 0 Å². The summed E-state index contributed by atoms with van der Waals surface area (Å²) in [5.74, 6) is 0.784. The highest BCUT2D eigenvalue weighted by molar-refractivity contribution is 6.30. The lowest BCUT2D eigenvalue weighted by atomic mass is 10.2. The lowest BCUT2D eigenvalue weighted by Crippen LogP contribution is -2.06. The lowest BCUT2D eigenvalue weighted by molar-refractivity contribution is 0.102. The Bertz CT molecular complexity index is 610. The summed E-state index contributed by atoms with van der Waals surface area (Å²) in [5, 5.41) is 4.54. The van der Waals surface area contributed by atoms with Gasteiger partial charge in [-0.15, -0.1) is 11.6 Å². The van der Waals surface area contributed by atoms with Crippen LogP contribution in [0.2, 0.25) is 0 Å². The second-order valence-corrected chi connectivity index (χ2v) is 5.19. The zero-order valence-electron chi connectivity index (χ0n) is 11.6. The highest BCUT2D eigenvalue weighted by Gasteiger charge is 2.17. The second kappa shape index (κ2) is 5.21. The average Bonchev–Trinajstić information content (AvgIpc) is 2.93. The number of halogens is 1. The second-order valence-electron chi connectivity index (χ2n) is 4.92. The molecule has 2 aromatic rings. The van der Waals surface area contributed by atoms with Gasteiger partial charge in [-0.2, -0.15) is 5.10 Å². The molecule has 0 aliphatic heterocycles. The Morgan fingerprint density at radius 3 is 2.63 bits per heavy atom. The van der Waals surface area contributed by atoms with Gasteiger partial charge in [0.2, 0.25) is 0 Å². The third kappa shape index (κ3) is 2.45. The molecular formula is C14H18ClN3O. The van der Waals surface area contributed by atoms with Gasteiger partial charge >= 0.3 is 0 Å². The smallest absolute Gasteiger partial charge is 0.179 e. The topological polar surface area (TPSA) is 39.8 Å². The molecule has 0 N–H and O–H groups in total. The monoisotopic (exact) mass is 279 g/mol. The summed E-state index contributed by atoms with van der Waals surface area (Å²) in [5.41, 5.74) is 2.55. The number of carbonyl (C=O) groups is 1. The first-order valence-electron chi connectivity index (χ1n) is 6.29. The zero-order chi connectivity index (χ0) is 14.2. The summed E-state index contributed by atoms with van der Waals surface area (Å²) >= 11 is 5.63. The zero-order valence-corrected chi connectivity index (χ0v) is 12.4. The van der Waals surface area contributed by atoms with E-state index in [9.17, 15) is 4.79 Å². The molecule has 0 atom stereocenters. The molecule has 102 valence electrons. The van der Waals surface area contributed by atoms with E-state index in [2.05, 4.69) is 18.9 Å². The Kier molecular flexibility index (Phi) is 3.80. The summed E-state index contributed by atoms with van der Waals surface area (Å²) in [6.07, 6.45) is 1.95. The van der Waals surface area contributed by atoms with E-state index in [0.29, 0.717) is 11.6 Å². The van der Waals surface area contributed by atoms with Gasteiger partial charge in [0.05, 0.1) is 5.88 Å². The molecule has 19 heavy (non-hydrogen) atoms. The number of carbonyl (C=O) groups excluding carboxylic acids is 1. The maximum atomic E-state index is 11.8. The molecule has 4 nitrogen and oxygen atoms in total. The van der Waals surface area contributed by atoms with Crippen LogP contribution in [0.1, 0.15) is 41.6 Å². The van der Waals surface area contributed by atoms with E-state index in [1.807, 2.05) is 41.4 Å². The number of ketones is 1. The van der Waals surface area contributed by atoms with Crippen LogP contribution >= 0.6 is 11.6 Å². The molecule has 2 heterocycles. The van der Waals surface area contributed by atoms with Gasteiger partial charge in [0.1, 0.15) is 0 Å². The Morgan fingerprint density at radius 2 is 2.11 bits per heavy atom. The predicted octanol–water partition coefficient (Wildman–Crippen LogP) is 3.29. The van der Waals surface area contributed by atoms with Crippen LogP contribution in [0.25, 0.3) is 5.82 Å². The van der Waals surface area contributed by atoms with E-state index in [-0.39, 0.29) is 11.7 Å². The van der Waals surface area contributed by atoms with Crippen molar-refractivity contribution in [3.05, 3.63) is 35.3 Å². The molecule has 2 aromatic heterocycles. The number of rotatable bonds is 4. The molecule has 0 radical (unpaired) electrons. The van der Waals surface area contributed by atoms with Crippen LogP contribution in [0.3, 0.4) is 0 Å². The van der Waals surface area contributed by atoms with Crippen molar-refractivity contribution in [1.82, 2.24) is 14.3 Å². The largest absolute Gasteiger partial charge is 0.301 e. The van der Waals surface area contributed by atoms with Crippen molar-refractivity contribution < 1.29 is 4.79 Å². The molecule has 0 spiro atoms. The number of hydrogen-bond donors (Lipinski definition) is 0. The molecule has 0 unspecified atom stereocenters. The number of alkyl halides is 1. The van der Waals surface area contributed by atoms with Crippen LogP contribution in [-0.2, 0) is 0 Å². The molecular weight excluding hydrogens is 262 g/mol. The Balaban J connectivity index is 2.50. The van der Waals surface area contributed by atoms with Crippen LogP contribution in [0, 0.1) is 13.8 Å². The average molecular weight is 280 g/mol. The first-order valence-corrected chi connectivity index (χ1v) is 6.82. The van der Waals surface area contributed by atoms with Crippen molar-refractivity contribution >= 4 is 17.4 Å². The molecule has 0 amide bonds. The summed E-state index contributed by atoms with van der Waals surface area (Å²) in [6.45, 7) is 8.04. The van der Waals surface area contributed by atoms with Crippen LogP contribution in [-0.4, -0.2) is 26.0 Å². The highest BCUT2D eigenvalue weighted by atomic mass is 35.5. The van der Waals surface area contributed by atoms with Gasteiger partial charge in [0.25, 0.3) is 0 Å². The van der Waals surface area contributed by atoms with E-state index in [4.69, 9.17) is 11.6 Å². The standard InChI is InChI=1S/C14H18ClN3O/c1-9(2)17-6-5-14(16-17)18-10(3)7-12(11(18)4)13(19)8-15/h5-7,9H,8H2,1-4H3. The molecule has 0 saturated carbocycles. The number of nitrogens with zero attached hydrogens (tertiary/aromatic N) is 3. The minimum atomic E-state index is -0.0516. The fourth-order valence-electron chi connectivity index (χ4n) is 2.20. The number of aryl methyl sites for hydroxylation is 1. The fraction of sp³-hybridized carbons (Fsp3) is 0.429. The van der Waals surface area contributed by atoms with Crippen molar-refractivity contribution in [1.29, 1.82) is 0 Å². The van der Waals surface area contributed by atoms with Crippen molar-refractivity contribution in [2.75, 3.05) is 5.88 Å². The molecule has 0 fully saturated rings. The van der Waals surface area contributed by atoms with E-state index >= 15 is 0 Å². The minimum Gasteiger partial charge on any atom is -0.301 e. The molecule has 0 bridgehead atoms. The van der Waals surface area contributed by atoms with E-state index in [1.54, 1.807) is 0 Å². The maximum Gasteiger partial charge on any atom is 0.179 e. The van der Waals surface area contributed by atoms with Gasteiger partial charge in [-0.05, 0) is 33.8 Å². The van der Waals surface area contributed by atoms with Crippen LogP contribution in [0.5, 0.6) is 0 Å². The van der Waals surface area contributed by atoms with Gasteiger partial charge in [-0.1, -0.05) is 0 Å². The SMILES string of the molecule is Cc1cc(C(=O)CCl)c(C)n1-c1ccn(C(C)C)n1. The molecule has 0 aromatic carbocycles. The Labute approximate surface area is 118 Å². The first-order chi connectivity index (χ1) is 8.95. The van der Waals surface area contributed by atoms with Gasteiger partial charge in [-0.3, -0.25) is 9.48 Å². The van der Waals surface area contributed by atoms with Gasteiger partial charge in [0, 0.05) is 35.3 Å². The van der Waals surface area contributed by atoms with Crippen molar-refractivity contribution in [2.45, 2.75) is 33.7 Å². The number of aromatic nitrogens is 3. The molecule has 0 aliphatic rings. The highest BCUT2D eigenvalue weighted by Crippen LogP contribution is 2.21. The van der Waals surface area contributed by atoms with Crippen LogP contribution in [0.4, 0.5) is 0 Å². The lowest BCUT2D eigenvalue weighted by Gasteiger charge is -2.07. The molecule has 0 saturated heterocycles. The van der Waals surface area contributed by atoms with Gasteiger partial charge in [0.15, 0.2) is 11.6 Å². The molecule has 0 aliphatic carbocycles. The quantitative estimate of drug-likeness (QED) is 0.636. The van der Waals surface area contributed by atoms with E-state index < -0.39 is 0 Å². The summed E-state index contributed by atoms with van der Waals surface area (Å²) < 4.78 is 3.88. The summed E-state index contributed by atoms with van der Waals surface area (Å²) in [4.78, 5) is 11.8. The third-order valence-electron chi connectivity index (χ3n) is 3.21. The Morgan fingerprint density at radius 1 is 1.42 bits per heavy atom. The third-order valence-corrected chi connectivity index (χ3v) is 3.45. The first kappa shape index (κ1) is 13.9. The minimum absolute atomic E-state index is 0.00469. The van der Waals surface area contributed by atoms with Crippen LogP contribution in [0.15, 0.2) is 18.3 Å². The van der Waals surface area contributed by atoms with E-state index in [1.165, 1.54) is 0 Å². The van der Waals surface area contributed by atoms with Gasteiger partial charge < -0.3 is 4.57 Å². The Hall–Kier alpha value is -1.55. The number of hydrogen-bond acceptors (Lipinski definition) is 2. The van der Waals surface area contributed by atoms with Crippen LogP contribution < -0.4 is 0 Å². The van der Waals surface area contributed by atoms with E-state index in [0.717, 1.165) is 17.2 Å². The predicted molar refractivity (Wildman–Crippen MR) is 76.5 cm³/mol. The summed E-state index contributed by atoms with van der Waals surface area (Å²) in [7, 11) is 0. The normalized spacial score (nSPS) is 11.3. The summed E-state index contributed by atoms with van der Waals surface area (Å²) in [6, 6.07) is 4.14. The fourth-order valence-corrected chi connectivity index (χ4v) is 2.35. The maximum absolute atomic E-state index is 11.8.